The predicted molar refractivity (Wildman–Crippen MR) is 90.3 cm³/mol. The Morgan fingerprint density at radius 1 is 1.19 bits per heavy atom. The van der Waals surface area contributed by atoms with Crippen LogP contribution in [0.15, 0.2) is 18.2 Å². The molecule has 2 atom stereocenters. The first-order valence-electron chi connectivity index (χ1n) is 8.16. The van der Waals surface area contributed by atoms with Crippen molar-refractivity contribution in [1.82, 2.24) is 4.90 Å². The number of unbranched alkanes of at least 4 members (excludes halogenated alkanes) is 1. The van der Waals surface area contributed by atoms with Crippen LogP contribution in [0.1, 0.15) is 38.7 Å². The van der Waals surface area contributed by atoms with Crippen molar-refractivity contribution < 1.29 is 4.74 Å². The maximum atomic E-state index is 6.01. The standard InChI is InChI=1S/C18H28ClNO/c1-14-10-15(2)13-20(12-14)8-4-5-9-21-17-6-7-18(19)16(3)11-17/h6-7,11,14-15H,4-5,8-10,12-13H2,1-3H3/t14-,15-/m1/s1. The molecule has 21 heavy (non-hydrogen) atoms. The molecule has 0 spiro atoms. The fraction of sp³-hybridized carbons (Fsp3) is 0.667. The Morgan fingerprint density at radius 2 is 1.90 bits per heavy atom. The summed E-state index contributed by atoms with van der Waals surface area (Å²) < 4.78 is 5.80. The third-order valence-corrected chi connectivity index (χ3v) is 4.64. The van der Waals surface area contributed by atoms with Crippen molar-refractivity contribution in [3.63, 3.8) is 0 Å². The smallest absolute Gasteiger partial charge is 0.119 e. The lowest BCUT2D eigenvalue weighted by molar-refractivity contribution is 0.136. The van der Waals surface area contributed by atoms with E-state index in [9.17, 15) is 0 Å². The molecule has 1 saturated heterocycles. The largest absolute Gasteiger partial charge is 0.494 e. The van der Waals surface area contributed by atoms with Gasteiger partial charge in [0.05, 0.1) is 6.61 Å². The molecule has 0 bridgehead atoms. The van der Waals surface area contributed by atoms with Crippen molar-refractivity contribution in [2.24, 2.45) is 11.8 Å². The quantitative estimate of drug-likeness (QED) is 0.701. The summed E-state index contributed by atoms with van der Waals surface area (Å²) in [6, 6.07) is 5.86. The van der Waals surface area contributed by atoms with Crippen molar-refractivity contribution >= 4 is 11.6 Å². The lowest BCUT2D eigenvalue weighted by Crippen LogP contribution is -2.39. The number of piperidine rings is 1. The molecule has 1 fully saturated rings. The van der Waals surface area contributed by atoms with Gasteiger partial charge < -0.3 is 9.64 Å². The third kappa shape index (κ3) is 5.52. The molecule has 1 aliphatic rings. The third-order valence-electron chi connectivity index (χ3n) is 4.21. The Bertz CT molecular complexity index is 439. The Hall–Kier alpha value is -0.730. The molecule has 2 nitrogen and oxygen atoms in total. The van der Waals surface area contributed by atoms with Crippen LogP contribution in [0, 0.1) is 18.8 Å². The van der Waals surface area contributed by atoms with E-state index < -0.39 is 0 Å². The van der Waals surface area contributed by atoms with E-state index in [0.717, 1.165) is 41.2 Å². The number of rotatable bonds is 6. The summed E-state index contributed by atoms with van der Waals surface area (Å²) in [6.45, 7) is 11.3. The van der Waals surface area contributed by atoms with Crippen LogP contribution in [0.5, 0.6) is 5.75 Å². The second-order valence-corrected chi connectivity index (χ2v) is 7.08. The monoisotopic (exact) mass is 309 g/mol. The van der Waals surface area contributed by atoms with Crippen molar-refractivity contribution in [2.75, 3.05) is 26.2 Å². The van der Waals surface area contributed by atoms with Crippen molar-refractivity contribution in [2.45, 2.75) is 40.0 Å². The topological polar surface area (TPSA) is 12.5 Å². The van der Waals surface area contributed by atoms with Gasteiger partial charge in [-0.1, -0.05) is 25.4 Å². The SMILES string of the molecule is Cc1cc(OCCCCN2C[C@H](C)C[C@@H](C)C2)ccc1Cl. The van der Waals surface area contributed by atoms with Gasteiger partial charge in [-0.25, -0.2) is 0 Å². The lowest BCUT2D eigenvalue weighted by Gasteiger charge is -2.34. The normalized spacial score (nSPS) is 23.2. The van der Waals surface area contributed by atoms with Gasteiger partial charge in [-0.2, -0.15) is 0 Å². The average molecular weight is 310 g/mol. The van der Waals surface area contributed by atoms with E-state index >= 15 is 0 Å². The van der Waals surface area contributed by atoms with Crippen LogP contribution in [0.3, 0.4) is 0 Å². The molecular formula is C18H28ClNO. The van der Waals surface area contributed by atoms with E-state index in [2.05, 4.69) is 18.7 Å². The van der Waals surface area contributed by atoms with Gasteiger partial charge in [-0.15, -0.1) is 0 Å². The highest BCUT2D eigenvalue weighted by molar-refractivity contribution is 6.31. The van der Waals surface area contributed by atoms with E-state index in [0.29, 0.717) is 0 Å². The van der Waals surface area contributed by atoms with Crippen molar-refractivity contribution in [1.29, 1.82) is 0 Å². The van der Waals surface area contributed by atoms with Crippen LogP contribution in [-0.4, -0.2) is 31.1 Å². The highest BCUT2D eigenvalue weighted by Gasteiger charge is 2.20. The lowest BCUT2D eigenvalue weighted by atomic mass is 9.92. The molecule has 1 aromatic rings. The second kappa shape index (κ2) is 8.05. The molecule has 3 heteroatoms. The molecule has 0 radical (unpaired) electrons. The van der Waals surface area contributed by atoms with Crippen LogP contribution >= 0.6 is 11.6 Å². The number of hydrogen-bond acceptors (Lipinski definition) is 2. The number of nitrogens with zero attached hydrogens (tertiary/aromatic N) is 1. The molecule has 0 saturated carbocycles. The number of aryl methyl sites for hydroxylation is 1. The molecule has 0 aromatic heterocycles. The molecule has 2 rings (SSSR count). The minimum Gasteiger partial charge on any atom is -0.494 e. The fourth-order valence-corrected chi connectivity index (χ4v) is 3.43. The highest BCUT2D eigenvalue weighted by atomic mass is 35.5. The Morgan fingerprint density at radius 3 is 2.57 bits per heavy atom. The number of benzene rings is 1. The summed E-state index contributed by atoms with van der Waals surface area (Å²) in [5.74, 6) is 2.63. The van der Waals surface area contributed by atoms with Gasteiger partial charge in [-0.05, 0) is 68.3 Å². The van der Waals surface area contributed by atoms with Gasteiger partial charge in [0.1, 0.15) is 5.75 Å². The second-order valence-electron chi connectivity index (χ2n) is 6.67. The van der Waals surface area contributed by atoms with Crippen LogP contribution in [0.25, 0.3) is 0 Å². The molecule has 0 amide bonds. The molecule has 118 valence electrons. The van der Waals surface area contributed by atoms with Gasteiger partial charge in [0.2, 0.25) is 0 Å². The van der Waals surface area contributed by atoms with E-state index in [1.54, 1.807) is 0 Å². The van der Waals surface area contributed by atoms with E-state index in [1.165, 1.54) is 32.5 Å². The van der Waals surface area contributed by atoms with Gasteiger partial charge in [0.25, 0.3) is 0 Å². The summed E-state index contributed by atoms with van der Waals surface area (Å²) in [7, 11) is 0. The molecule has 0 aliphatic carbocycles. The zero-order chi connectivity index (χ0) is 15.2. The minimum atomic E-state index is 0.792. The Labute approximate surface area is 134 Å². The molecule has 1 aliphatic heterocycles. The first-order chi connectivity index (χ1) is 10.0. The number of hydrogen-bond donors (Lipinski definition) is 0. The highest BCUT2D eigenvalue weighted by Crippen LogP contribution is 2.22. The zero-order valence-electron chi connectivity index (χ0n) is 13.6. The maximum Gasteiger partial charge on any atom is 0.119 e. The average Bonchev–Trinajstić information content (AvgIpc) is 2.41. The molecule has 1 aromatic carbocycles. The summed E-state index contributed by atoms with van der Waals surface area (Å²) >= 11 is 6.01. The number of likely N-dealkylation sites (tertiary alicyclic amines) is 1. The minimum absolute atomic E-state index is 0.792. The fourth-order valence-electron chi connectivity index (χ4n) is 3.31. The van der Waals surface area contributed by atoms with Crippen LogP contribution in [0.4, 0.5) is 0 Å². The van der Waals surface area contributed by atoms with Crippen LogP contribution in [0.2, 0.25) is 5.02 Å². The Kier molecular flexibility index (Phi) is 6.38. The summed E-state index contributed by atoms with van der Waals surface area (Å²) in [5.41, 5.74) is 1.07. The number of ether oxygens (including phenoxy) is 1. The van der Waals surface area contributed by atoms with Gasteiger partial charge in [0, 0.05) is 18.1 Å². The molecule has 0 unspecified atom stereocenters. The van der Waals surface area contributed by atoms with Gasteiger partial charge in [-0.3, -0.25) is 0 Å². The maximum absolute atomic E-state index is 6.01. The van der Waals surface area contributed by atoms with Crippen LogP contribution in [-0.2, 0) is 0 Å². The van der Waals surface area contributed by atoms with E-state index in [4.69, 9.17) is 16.3 Å². The summed E-state index contributed by atoms with van der Waals surface area (Å²) in [4.78, 5) is 2.62. The van der Waals surface area contributed by atoms with Gasteiger partial charge >= 0.3 is 0 Å². The molecule has 0 N–H and O–H groups in total. The van der Waals surface area contributed by atoms with Crippen LogP contribution < -0.4 is 4.74 Å². The van der Waals surface area contributed by atoms with Crippen molar-refractivity contribution in [3.05, 3.63) is 28.8 Å². The Balaban J connectivity index is 1.62. The van der Waals surface area contributed by atoms with E-state index in [1.807, 2.05) is 25.1 Å². The summed E-state index contributed by atoms with van der Waals surface area (Å²) in [5, 5.41) is 0.802. The summed E-state index contributed by atoms with van der Waals surface area (Å²) in [6.07, 6.45) is 3.71. The first kappa shape index (κ1) is 16.6. The zero-order valence-corrected chi connectivity index (χ0v) is 14.3. The predicted octanol–water partition coefficient (Wildman–Crippen LogP) is 4.79. The molecule has 1 heterocycles. The van der Waals surface area contributed by atoms with E-state index in [-0.39, 0.29) is 0 Å². The van der Waals surface area contributed by atoms with Crippen molar-refractivity contribution in [3.8, 4) is 5.75 Å². The molecular weight excluding hydrogens is 282 g/mol. The number of halogens is 1. The first-order valence-corrected chi connectivity index (χ1v) is 8.53. The van der Waals surface area contributed by atoms with Gasteiger partial charge in [0.15, 0.2) is 0 Å².